The lowest BCUT2D eigenvalue weighted by Gasteiger charge is -2.29. The highest BCUT2D eigenvalue weighted by molar-refractivity contribution is 5.27. The van der Waals surface area contributed by atoms with Crippen LogP contribution in [0.4, 0.5) is 4.39 Å². The molecule has 0 radical (unpaired) electrons. The van der Waals surface area contributed by atoms with Crippen LogP contribution >= 0.6 is 0 Å². The average Bonchev–Trinajstić information content (AvgIpc) is 2.32. The fourth-order valence-corrected chi connectivity index (χ4v) is 1.98. The summed E-state index contributed by atoms with van der Waals surface area (Å²) in [6, 6.07) is 5.13. The molecular weight excluding hydrogens is 229 g/mol. The molecule has 1 unspecified atom stereocenters. The van der Waals surface area contributed by atoms with E-state index < -0.39 is 0 Å². The van der Waals surface area contributed by atoms with Gasteiger partial charge in [0.1, 0.15) is 5.82 Å². The molecule has 102 valence electrons. The second-order valence-corrected chi connectivity index (χ2v) is 5.06. The van der Waals surface area contributed by atoms with Crippen molar-refractivity contribution in [1.82, 2.24) is 9.80 Å². The molecule has 4 heteroatoms. The second kappa shape index (κ2) is 6.83. The molecule has 0 aromatic heterocycles. The minimum atomic E-state index is -0.173. The monoisotopic (exact) mass is 253 g/mol. The van der Waals surface area contributed by atoms with Gasteiger partial charge in [-0.05, 0) is 34.1 Å². The molecule has 2 N–H and O–H groups in total. The maximum Gasteiger partial charge on any atom is 0.128 e. The molecule has 0 fully saturated rings. The molecule has 0 spiro atoms. The van der Waals surface area contributed by atoms with Crippen LogP contribution in [0.3, 0.4) is 0 Å². The summed E-state index contributed by atoms with van der Waals surface area (Å²) in [7, 11) is 6.04. The maximum absolute atomic E-state index is 13.9. The molecule has 1 aromatic rings. The third-order valence-corrected chi connectivity index (χ3v) is 3.17. The van der Waals surface area contributed by atoms with Gasteiger partial charge in [0.25, 0.3) is 0 Å². The molecule has 1 rings (SSSR count). The van der Waals surface area contributed by atoms with Gasteiger partial charge in [0, 0.05) is 31.2 Å². The first-order valence-corrected chi connectivity index (χ1v) is 6.26. The van der Waals surface area contributed by atoms with E-state index in [9.17, 15) is 4.39 Å². The lowest BCUT2D eigenvalue weighted by atomic mass is 10.0. The Morgan fingerprint density at radius 2 is 1.89 bits per heavy atom. The molecule has 18 heavy (non-hydrogen) atoms. The highest BCUT2D eigenvalue weighted by Crippen LogP contribution is 2.22. The average molecular weight is 253 g/mol. The van der Waals surface area contributed by atoms with E-state index in [1.54, 1.807) is 6.07 Å². The van der Waals surface area contributed by atoms with Crippen molar-refractivity contribution in [3.63, 3.8) is 0 Å². The van der Waals surface area contributed by atoms with Gasteiger partial charge in [-0.3, -0.25) is 4.90 Å². The van der Waals surface area contributed by atoms with Gasteiger partial charge in [-0.15, -0.1) is 0 Å². The lowest BCUT2D eigenvalue weighted by molar-refractivity contribution is 0.219. The van der Waals surface area contributed by atoms with Crippen LogP contribution < -0.4 is 5.73 Å². The van der Waals surface area contributed by atoms with Crippen molar-refractivity contribution in [2.24, 2.45) is 5.73 Å². The van der Waals surface area contributed by atoms with Gasteiger partial charge >= 0.3 is 0 Å². The zero-order valence-corrected chi connectivity index (χ0v) is 11.8. The van der Waals surface area contributed by atoms with E-state index in [0.717, 1.165) is 18.7 Å². The van der Waals surface area contributed by atoms with E-state index in [0.29, 0.717) is 12.1 Å². The van der Waals surface area contributed by atoms with Crippen LogP contribution in [0.5, 0.6) is 0 Å². The Balaban J connectivity index is 2.84. The Kier molecular flexibility index (Phi) is 5.72. The van der Waals surface area contributed by atoms with Crippen molar-refractivity contribution in [2.45, 2.75) is 13.0 Å². The van der Waals surface area contributed by atoms with Gasteiger partial charge in [-0.25, -0.2) is 4.39 Å². The number of nitrogens with two attached hydrogens (primary N) is 1. The predicted molar refractivity (Wildman–Crippen MR) is 74.1 cm³/mol. The molecule has 3 nitrogen and oxygen atoms in total. The number of halogens is 1. The van der Waals surface area contributed by atoms with E-state index in [2.05, 4.69) is 9.80 Å². The van der Waals surface area contributed by atoms with Crippen LogP contribution in [0.15, 0.2) is 18.2 Å². The van der Waals surface area contributed by atoms with Crippen LogP contribution in [0, 0.1) is 12.7 Å². The third kappa shape index (κ3) is 4.05. The first-order valence-electron chi connectivity index (χ1n) is 6.26. The van der Waals surface area contributed by atoms with Gasteiger partial charge in [-0.2, -0.15) is 0 Å². The molecule has 0 saturated heterocycles. The van der Waals surface area contributed by atoms with Crippen molar-refractivity contribution in [2.75, 3.05) is 40.8 Å². The highest BCUT2D eigenvalue weighted by Gasteiger charge is 2.19. The largest absolute Gasteiger partial charge is 0.329 e. The van der Waals surface area contributed by atoms with Gasteiger partial charge in [0.05, 0.1) is 0 Å². The van der Waals surface area contributed by atoms with Crippen molar-refractivity contribution in [3.8, 4) is 0 Å². The number of hydrogen-bond acceptors (Lipinski definition) is 3. The van der Waals surface area contributed by atoms with Crippen molar-refractivity contribution in [3.05, 3.63) is 35.1 Å². The van der Waals surface area contributed by atoms with Crippen LogP contribution in [0.2, 0.25) is 0 Å². The van der Waals surface area contributed by atoms with Gasteiger partial charge in [0.15, 0.2) is 0 Å². The standard InChI is InChI=1S/C14H24FN3/c1-11-5-6-13(15)12(9-11)14(10-16)18(4)8-7-17(2)3/h5-6,9,14H,7-8,10,16H2,1-4H3. The molecular formula is C14H24FN3. The zero-order chi connectivity index (χ0) is 13.7. The maximum atomic E-state index is 13.9. The summed E-state index contributed by atoms with van der Waals surface area (Å²) in [4.78, 5) is 4.22. The zero-order valence-electron chi connectivity index (χ0n) is 11.8. The second-order valence-electron chi connectivity index (χ2n) is 5.06. The third-order valence-electron chi connectivity index (χ3n) is 3.17. The molecule has 0 amide bonds. The number of aryl methyl sites for hydroxylation is 1. The summed E-state index contributed by atoms with van der Waals surface area (Å²) in [6.45, 7) is 4.18. The van der Waals surface area contributed by atoms with E-state index in [1.807, 2.05) is 34.1 Å². The molecule has 0 bridgehead atoms. The van der Waals surface area contributed by atoms with Crippen LogP contribution in [-0.2, 0) is 0 Å². The van der Waals surface area contributed by atoms with Crippen molar-refractivity contribution < 1.29 is 4.39 Å². The molecule has 0 heterocycles. The molecule has 0 aliphatic heterocycles. The van der Waals surface area contributed by atoms with Crippen molar-refractivity contribution >= 4 is 0 Å². The number of likely N-dealkylation sites (N-methyl/N-ethyl adjacent to an activating group) is 2. The smallest absolute Gasteiger partial charge is 0.128 e. The number of rotatable bonds is 6. The van der Waals surface area contributed by atoms with Gasteiger partial charge in [0.2, 0.25) is 0 Å². The Morgan fingerprint density at radius 1 is 1.22 bits per heavy atom. The summed E-state index contributed by atoms with van der Waals surface area (Å²) in [5, 5.41) is 0. The summed E-state index contributed by atoms with van der Waals surface area (Å²) >= 11 is 0. The summed E-state index contributed by atoms with van der Waals surface area (Å²) in [5.41, 5.74) is 7.56. The van der Waals surface area contributed by atoms with E-state index in [4.69, 9.17) is 5.73 Å². The Bertz CT molecular complexity index is 379. The van der Waals surface area contributed by atoms with E-state index >= 15 is 0 Å². The first-order chi connectivity index (χ1) is 8.45. The molecule has 0 aliphatic rings. The first kappa shape index (κ1) is 15.1. The SMILES string of the molecule is Cc1ccc(F)c(C(CN)N(C)CCN(C)C)c1. The minimum absolute atomic E-state index is 0.0650. The topological polar surface area (TPSA) is 32.5 Å². The van der Waals surface area contributed by atoms with E-state index in [-0.39, 0.29) is 11.9 Å². The lowest BCUT2D eigenvalue weighted by Crippen LogP contribution is -2.36. The Morgan fingerprint density at radius 3 is 2.44 bits per heavy atom. The number of hydrogen-bond donors (Lipinski definition) is 1. The van der Waals surface area contributed by atoms with Gasteiger partial charge in [-0.1, -0.05) is 17.7 Å². The molecule has 0 saturated carbocycles. The Labute approximate surface area is 109 Å². The van der Waals surface area contributed by atoms with Crippen LogP contribution in [-0.4, -0.2) is 50.6 Å². The summed E-state index contributed by atoms with van der Waals surface area (Å²) in [5.74, 6) is -0.173. The minimum Gasteiger partial charge on any atom is -0.329 e. The van der Waals surface area contributed by atoms with E-state index in [1.165, 1.54) is 6.07 Å². The number of benzene rings is 1. The summed E-state index contributed by atoms with van der Waals surface area (Å²) in [6.07, 6.45) is 0. The van der Waals surface area contributed by atoms with Crippen LogP contribution in [0.25, 0.3) is 0 Å². The Hall–Kier alpha value is -0.970. The predicted octanol–water partition coefficient (Wildman–Crippen LogP) is 1.63. The highest BCUT2D eigenvalue weighted by atomic mass is 19.1. The normalized spacial score (nSPS) is 13.3. The molecule has 0 aliphatic carbocycles. The number of nitrogens with zero attached hydrogens (tertiary/aromatic N) is 2. The quantitative estimate of drug-likeness (QED) is 0.836. The summed E-state index contributed by atoms with van der Waals surface area (Å²) < 4.78 is 13.9. The van der Waals surface area contributed by atoms with Crippen molar-refractivity contribution in [1.29, 1.82) is 0 Å². The van der Waals surface area contributed by atoms with Gasteiger partial charge < -0.3 is 10.6 Å². The van der Waals surface area contributed by atoms with Crippen LogP contribution in [0.1, 0.15) is 17.2 Å². The fourth-order valence-electron chi connectivity index (χ4n) is 1.98. The fraction of sp³-hybridized carbons (Fsp3) is 0.571. The molecule has 1 atom stereocenters. The molecule has 1 aromatic carbocycles.